The van der Waals surface area contributed by atoms with Crippen LogP contribution in [0.2, 0.25) is 0 Å². The minimum absolute atomic E-state index is 0.374. The molecule has 4 heteroatoms. The topological polar surface area (TPSA) is 30.5 Å². The molecule has 1 atom stereocenters. The highest BCUT2D eigenvalue weighted by molar-refractivity contribution is 9.10. The largest absolute Gasteiger partial charge is 0.467 e. The maximum absolute atomic E-state index is 5.52. The summed E-state index contributed by atoms with van der Waals surface area (Å²) in [5.41, 5.74) is 2.48. The number of nitrogens with one attached hydrogen (secondary N) is 1. The molecular weight excluding hydrogens is 282 g/mol. The normalized spacial score (nSPS) is 23.2. The van der Waals surface area contributed by atoms with Crippen LogP contribution < -0.4 is 10.1 Å². The molecule has 1 fully saturated rings. The number of rotatable bonds is 2. The van der Waals surface area contributed by atoms with Gasteiger partial charge in [0.25, 0.3) is 0 Å². The summed E-state index contributed by atoms with van der Waals surface area (Å²) in [6.45, 7) is 3.31. The molecule has 2 aliphatic heterocycles. The fourth-order valence-electron chi connectivity index (χ4n) is 2.50. The first kappa shape index (κ1) is 11.5. The van der Waals surface area contributed by atoms with Crippen molar-refractivity contribution in [1.82, 2.24) is 5.32 Å². The van der Waals surface area contributed by atoms with Crippen LogP contribution in [-0.4, -0.2) is 19.9 Å². The second kappa shape index (κ2) is 4.96. The van der Waals surface area contributed by atoms with Crippen molar-refractivity contribution in [3.8, 4) is 5.75 Å². The molecule has 0 spiro atoms. The molecule has 0 aliphatic carbocycles. The molecule has 1 saturated heterocycles. The van der Waals surface area contributed by atoms with Gasteiger partial charge in [0.05, 0.1) is 6.61 Å². The second-order valence-electron chi connectivity index (χ2n) is 4.72. The molecule has 0 bridgehead atoms. The van der Waals surface area contributed by atoms with E-state index >= 15 is 0 Å². The molecule has 2 heterocycles. The van der Waals surface area contributed by atoms with Gasteiger partial charge in [0.2, 0.25) is 0 Å². The lowest BCUT2D eigenvalue weighted by Crippen LogP contribution is -2.13. The fraction of sp³-hybridized carbons (Fsp3) is 0.538. The molecule has 0 saturated carbocycles. The van der Waals surface area contributed by atoms with Gasteiger partial charge in [-0.15, -0.1) is 0 Å². The summed E-state index contributed by atoms with van der Waals surface area (Å²) >= 11 is 3.65. The Morgan fingerprint density at radius 2 is 2.35 bits per heavy atom. The van der Waals surface area contributed by atoms with Crippen LogP contribution in [-0.2, 0) is 17.8 Å². The van der Waals surface area contributed by atoms with E-state index in [2.05, 4.69) is 33.4 Å². The standard InChI is InChI=1S/C13H16BrNO2/c14-12-4-11-7-16-8-17-13(11)5-10(12)3-9-1-2-15-6-9/h4-5,9,15H,1-3,6-8H2. The Labute approximate surface area is 110 Å². The molecule has 2 aliphatic rings. The highest BCUT2D eigenvalue weighted by Gasteiger charge is 2.19. The lowest BCUT2D eigenvalue weighted by atomic mass is 9.97. The van der Waals surface area contributed by atoms with E-state index in [0.717, 1.165) is 36.7 Å². The highest BCUT2D eigenvalue weighted by Crippen LogP contribution is 2.32. The summed E-state index contributed by atoms with van der Waals surface area (Å²) in [4.78, 5) is 0. The Kier molecular flexibility index (Phi) is 3.36. The van der Waals surface area contributed by atoms with Crippen LogP contribution in [0.15, 0.2) is 16.6 Å². The summed E-state index contributed by atoms with van der Waals surface area (Å²) in [7, 11) is 0. The van der Waals surface area contributed by atoms with E-state index in [1.807, 2.05) is 0 Å². The van der Waals surface area contributed by atoms with Crippen molar-refractivity contribution in [2.45, 2.75) is 19.4 Å². The molecule has 1 aromatic carbocycles. The molecule has 1 N–H and O–H groups in total. The Hall–Kier alpha value is -0.580. The quantitative estimate of drug-likeness (QED) is 0.910. The number of halogens is 1. The van der Waals surface area contributed by atoms with E-state index in [9.17, 15) is 0 Å². The maximum atomic E-state index is 5.52. The first-order chi connectivity index (χ1) is 8.33. The molecular formula is C13H16BrNO2. The van der Waals surface area contributed by atoms with E-state index in [-0.39, 0.29) is 0 Å². The zero-order valence-corrected chi connectivity index (χ0v) is 11.3. The van der Waals surface area contributed by atoms with Crippen LogP contribution in [0.1, 0.15) is 17.5 Å². The summed E-state index contributed by atoms with van der Waals surface area (Å²) in [6.07, 6.45) is 2.39. The van der Waals surface area contributed by atoms with Crippen molar-refractivity contribution in [2.75, 3.05) is 19.9 Å². The molecule has 0 aromatic heterocycles. The van der Waals surface area contributed by atoms with Crippen LogP contribution in [0.4, 0.5) is 0 Å². The van der Waals surface area contributed by atoms with Crippen molar-refractivity contribution in [3.05, 3.63) is 27.7 Å². The van der Waals surface area contributed by atoms with E-state index in [4.69, 9.17) is 9.47 Å². The Bertz CT molecular complexity index is 416. The molecule has 0 amide bonds. The van der Waals surface area contributed by atoms with Gasteiger partial charge in [0.1, 0.15) is 5.75 Å². The Balaban J connectivity index is 1.83. The van der Waals surface area contributed by atoms with Crippen LogP contribution >= 0.6 is 15.9 Å². The minimum atomic E-state index is 0.374. The minimum Gasteiger partial charge on any atom is -0.467 e. The first-order valence-corrected chi connectivity index (χ1v) is 6.85. The third kappa shape index (κ3) is 2.49. The molecule has 3 rings (SSSR count). The number of benzene rings is 1. The predicted molar refractivity (Wildman–Crippen MR) is 69.1 cm³/mol. The summed E-state index contributed by atoms with van der Waals surface area (Å²) < 4.78 is 12.0. The number of fused-ring (bicyclic) bond motifs is 1. The van der Waals surface area contributed by atoms with Gasteiger partial charge in [-0.1, -0.05) is 15.9 Å². The monoisotopic (exact) mass is 297 g/mol. The van der Waals surface area contributed by atoms with Crippen LogP contribution in [0.3, 0.4) is 0 Å². The van der Waals surface area contributed by atoms with Gasteiger partial charge in [-0.05, 0) is 49.5 Å². The molecule has 1 aromatic rings. The van der Waals surface area contributed by atoms with Crippen LogP contribution in [0.5, 0.6) is 5.75 Å². The number of hydrogen-bond acceptors (Lipinski definition) is 3. The van der Waals surface area contributed by atoms with Gasteiger partial charge < -0.3 is 14.8 Å². The Morgan fingerprint density at radius 1 is 1.41 bits per heavy atom. The van der Waals surface area contributed by atoms with Crippen LogP contribution in [0, 0.1) is 5.92 Å². The van der Waals surface area contributed by atoms with Crippen molar-refractivity contribution in [1.29, 1.82) is 0 Å². The third-order valence-corrected chi connectivity index (χ3v) is 4.19. The third-order valence-electron chi connectivity index (χ3n) is 3.46. The van der Waals surface area contributed by atoms with Gasteiger partial charge in [0.15, 0.2) is 6.79 Å². The summed E-state index contributed by atoms with van der Waals surface area (Å²) in [5.74, 6) is 1.74. The average molecular weight is 298 g/mol. The molecule has 1 unspecified atom stereocenters. The van der Waals surface area contributed by atoms with Gasteiger partial charge in [-0.3, -0.25) is 0 Å². The highest BCUT2D eigenvalue weighted by atomic mass is 79.9. The molecule has 17 heavy (non-hydrogen) atoms. The zero-order chi connectivity index (χ0) is 11.7. The van der Waals surface area contributed by atoms with Crippen LogP contribution in [0.25, 0.3) is 0 Å². The van der Waals surface area contributed by atoms with E-state index in [0.29, 0.717) is 13.4 Å². The number of hydrogen-bond donors (Lipinski definition) is 1. The molecule has 0 radical (unpaired) electrons. The molecule has 3 nitrogen and oxygen atoms in total. The molecule has 92 valence electrons. The SMILES string of the molecule is Brc1cc2c(cc1CC1CCNC1)OCOC2. The van der Waals surface area contributed by atoms with E-state index in [1.165, 1.54) is 16.5 Å². The van der Waals surface area contributed by atoms with E-state index in [1.54, 1.807) is 0 Å². The lowest BCUT2D eigenvalue weighted by molar-refractivity contribution is -0.0164. The van der Waals surface area contributed by atoms with Gasteiger partial charge in [0, 0.05) is 10.0 Å². The maximum Gasteiger partial charge on any atom is 0.189 e. The van der Waals surface area contributed by atoms with Gasteiger partial charge in [-0.25, -0.2) is 0 Å². The fourth-order valence-corrected chi connectivity index (χ4v) is 3.05. The number of ether oxygens (including phenoxy) is 2. The first-order valence-electron chi connectivity index (χ1n) is 6.05. The zero-order valence-electron chi connectivity index (χ0n) is 9.67. The van der Waals surface area contributed by atoms with E-state index < -0.39 is 0 Å². The van der Waals surface area contributed by atoms with Crippen molar-refractivity contribution < 1.29 is 9.47 Å². The lowest BCUT2D eigenvalue weighted by Gasteiger charge is -2.20. The smallest absolute Gasteiger partial charge is 0.189 e. The predicted octanol–water partition coefficient (Wildman–Crippen LogP) is 2.47. The van der Waals surface area contributed by atoms with Crippen molar-refractivity contribution in [3.63, 3.8) is 0 Å². The second-order valence-corrected chi connectivity index (χ2v) is 5.58. The van der Waals surface area contributed by atoms with Crippen molar-refractivity contribution >= 4 is 15.9 Å². The Morgan fingerprint density at radius 3 is 3.18 bits per heavy atom. The summed E-state index contributed by atoms with van der Waals surface area (Å²) in [5, 5.41) is 3.41. The van der Waals surface area contributed by atoms with Gasteiger partial charge >= 0.3 is 0 Å². The van der Waals surface area contributed by atoms with Gasteiger partial charge in [-0.2, -0.15) is 0 Å². The average Bonchev–Trinajstić information content (AvgIpc) is 2.83. The van der Waals surface area contributed by atoms with Crippen molar-refractivity contribution in [2.24, 2.45) is 5.92 Å². The summed E-state index contributed by atoms with van der Waals surface area (Å²) in [6, 6.07) is 4.30.